The molecule has 32 heavy (non-hydrogen) atoms. The number of hydrogen-bond acceptors (Lipinski definition) is 4. The zero-order chi connectivity index (χ0) is 22.5. The van der Waals surface area contributed by atoms with Gasteiger partial charge in [-0.3, -0.25) is 14.8 Å². The van der Waals surface area contributed by atoms with E-state index in [0.717, 1.165) is 67.8 Å². The van der Waals surface area contributed by atoms with Crippen LogP contribution in [0.5, 0.6) is 0 Å². The first-order valence-electron chi connectivity index (χ1n) is 12.0. The second-order valence-electron chi connectivity index (χ2n) is 10.2. The number of aromatic amines is 1. The maximum absolute atomic E-state index is 16.5. The lowest BCUT2D eigenvalue weighted by Crippen LogP contribution is -2.53. The zero-order valence-electron chi connectivity index (χ0n) is 18.6. The van der Waals surface area contributed by atoms with Crippen LogP contribution in [0.3, 0.4) is 0 Å². The fraction of sp³-hybridized carbons (Fsp3) is 0.640. The number of alkyl halides is 1. The summed E-state index contributed by atoms with van der Waals surface area (Å²) in [5.41, 5.74) is 0.341. The van der Waals surface area contributed by atoms with Gasteiger partial charge in [0.15, 0.2) is 5.67 Å². The molecule has 3 fully saturated rings. The van der Waals surface area contributed by atoms with Gasteiger partial charge >= 0.3 is 5.97 Å². The SMILES string of the molecule is CC(F)(c1n[nH]c2cccc(C3CC3)c12)C(C=O)CN1CCCC2C(C(=O)O)CCCC21. The van der Waals surface area contributed by atoms with Gasteiger partial charge in [-0.25, -0.2) is 4.39 Å². The largest absolute Gasteiger partial charge is 0.481 e. The molecule has 172 valence electrons. The second-order valence-corrected chi connectivity index (χ2v) is 10.2. The van der Waals surface area contributed by atoms with Crippen molar-refractivity contribution < 1.29 is 19.1 Å². The van der Waals surface area contributed by atoms with E-state index in [0.29, 0.717) is 24.6 Å². The van der Waals surface area contributed by atoms with Crippen LogP contribution in [0.1, 0.15) is 69.0 Å². The standard InChI is InChI=1S/C25H32FN3O3/c1-25(26,23-22-17(15-10-11-15)5-2-8-20(22)27-28-23)16(14-30)13-29-12-4-7-18-19(24(31)32)6-3-9-21(18)29/h2,5,8,14-16,18-19,21H,3-4,6-7,9-13H2,1H3,(H,27,28)(H,31,32). The van der Waals surface area contributed by atoms with E-state index in [4.69, 9.17) is 0 Å². The van der Waals surface area contributed by atoms with E-state index >= 15 is 4.39 Å². The third-order valence-electron chi connectivity index (χ3n) is 8.19. The molecule has 1 saturated heterocycles. The smallest absolute Gasteiger partial charge is 0.306 e. The Hall–Kier alpha value is -2.28. The van der Waals surface area contributed by atoms with Gasteiger partial charge in [0.1, 0.15) is 12.0 Å². The molecule has 6 nitrogen and oxygen atoms in total. The highest BCUT2D eigenvalue weighted by atomic mass is 19.1. The molecule has 5 rings (SSSR count). The Kier molecular flexibility index (Phi) is 5.56. The topological polar surface area (TPSA) is 86.3 Å². The number of piperidine rings is 1. The van der Waals surface area contributed by atoms with Gasteiger partial charge in [-0.05, 0) is 75.5 Å². The minimum atomic E-state index is -1.92. The van der Waals surface area contributed by atoms with Gasteiger partial charge in [-0.15, -0.1) is 0 Å². The molecule has 2 aromatic rings. The molecule has 1 aromatic carbocycles. The highest BCUT2D eigenvalue weighted by Crippen LogP contribution is 2.47. The number of carboxylic acids is 1. The Bertz CT molecular complexity index is 1020. The summed E-state index contributed by atoms with van der Waals surface area (Å²) in [4.78, 5) is 26.2. The minimum absolute atomic E-state index is 0.0841. The van der Waals surface area contributed by atoms with Crippen LogP contribution in [0.25, 0.3) is 10.9 Å². The summed E-state index contributed by atoms with van der Waals surface area (Å²) >= 11 is 0. The quantitative estimate of drug-likeness (QED) is 0.622. The van der Waals surface area contributed by atoms with Crippen molar-refractivity contribution in [3.63, 3.8) is 0 Å². The van der Waals surface area contributed by atoms with Crippen molar-refractivity contribution in [1.82, 2.24) is 15.1 Å². The molecule has 5 unspecified atom stereocenters. The third kappa shape index (κ3) is 3.64. The van der Waals surface area contributed by atoms with Crippen LogP contribution in [0.2, 0.25) is 0 Å². The molecule has 2 saturated carbocycles. The number of H-pyrrole nitrogens is 1. The van der Waals surface area contributed by atoms with E-state index < -0.39 is 17.6 Å². The average Bonchev–Trinajstić information content (AvgIpc) is 3.54. The van der Waals surface area contributed by atoms with E-state index in [2.05, 4.69) is 15.1 Å². The molecule has 2 N–H and O–H groups in total. The fourth-order valence-corrected chi connectivity index (χ4v) is 6.28. The summed E-state index contributed by atoms with van der Waals surface area (Å²) in [6, 6.07) is 6.04. The predicted molar refractivity (Wildman–Crippen MR) is 119 cm³/mol. The molecule has 1 aromatic heterocycles. The first kappa shape index (κ1) is 21.6. The summed E-state index contributed by atoms with van der Waals surface area (Å²) in [5, 5.41) is 17.8. The number of rotatable bonds is 7. The van der Waals surface area contributed by atoms with Crippen LogP contribution in [0, 0.1) is 17.8 Å². The first-order chi connectivity index (χ1) is 15.4. The molecule has 5 atom stereocenters. The number of carboxylic acid groups (broad SMARTS) is 1. The number of carbonyl (C=O) groups is 2. The number of aliphatic carboxylic acids is 1. The van der Waals surface area contributed by atoms with Gasteiger partial charge in [0.05, 0.1) is 17.4 Å². The number of halogens is 1. The number of fused-ring (bicyclic) bond motifs is 2. The zero-order valence-corrected chi connectivity index (χ0v) is 18.6. The maximum Gasteiger partial charge on any atom is 0.306 e. The maximum atomic E-state index is 16.5. The lowest BCUT2D eigenvalue weighted by atomic mass is 9.71. The molecule has 2 heterocycles. The number of benzene rings is 1. The van der Waals surface area contributed by atoms with Gasteiger partial charge in [-0.2, -0.15) is 5.10 Å². The lowest BCUT2D eigenvalue weighted by molar-refractivity contribution is -0.148. The molecule has 0 bridgehead atoms. The van der Waals surface area contributed by atoms with Crippen LogP contribution < -0.4 is 0 Å². The number of carbonyl (C=O) groups excluding carboxylic acids is 1. The Morgan fingerprint density at radius 3 is 2.84 bits per heavy atom. The van der Waals surface area contributed by atoms with E-state index in [9.17, 15) is 14.7 Å². The van der Waals surface area contributed by atoms with E-state index in [1.807, 2.05) is 18.2 Å². The van der Waals surface area contributed by atoms with E-state index in [1.165, 1.54) is 6.92 Å². The van der Waals surface area contributed by atoms with E-state index in [1.54, 1.807) is 0 Å². The summed E-state index contributed by atoms with van der Waals surface area (Å²) < 4.78 is 16.5. The molecular formula is C25H32FN3O3. The number of hydrogen-bond donors (Lipinski definition) is 2. The molecule has 3 aliphatic rings. The fourth-order valence-electron chi connectivity index (χ4n) is 6.28. The summed E-state index contributed by atoms with van der Waals surface area (Å²) in [6.07, 6.45) is 7.22. The van der Waals surface area contributed by atoms with Crippen molar-refractivity contribution in [2.75, 3.05) is 13.1 Å². The molecule has 0 spiro atoms. The van der Waals surface area contributed by atoms with Crippen LogP contribution in [0.15, 0.2) is 18.2 Å². The van der Waals surface area contributed by atoms with Gasteiger partial charge in [0.2, 0.25) is 0 Å². The number of aromatic nitrogens is 2. The molecule has 0 amide bonds. The van der Waals surface area contributed by atoms with E-state index in [-0.39, 0.29) is 17.9 Å². The Labute approximate surface area is 187 Å². The van der Waals surface area contributed by atoms with Crippen LogP contribution in [-0.4, -0.2) is 51.6 Å². The van der Waals surface area contributed by atoms with Gasteiger partial charge < -0.3 is 9.90 Å². The first-order valence-corrected chi connectivity index (χ1v) is 12.0. The summed E-state index contributed by atoms with van der Waals surface area (Å²) in [6.45, 7) is 2.56. The van der Waals surface area contributed by atoms with Gasteiger partial charge in [0.25, 0.3) is 0 Å². The third-order valence-corrected chi connectivity index (χ3v) is 8.19. The van der Waals surface area contributed by atoms with Crippen LogP contribution in [-0.2, 0) is 15.3 Å². The molecular weight excluding hydrogens is 409 g/mol. The van der Waals surface area contributed by atoms with Crippen LogP contribution >= 0.6 is 0 Å². The second kappa shape index (κ2) is 8.25. The lowest BCUT2D eigenvalue weighted by Gasteiger charge is -2.47. The average molecular weight is 442 g/mol. The molecule has 1 aliphatic heterocycles. The van der Waals surface area contributed by atoms with Crippen molar-refractivity contribution in [2.24, 2.45) is 17.8 Å². The van der Waals surface area contributed by atoms with Crippen LogP contribution in [0.4, 0.5) is 4.39 Å². The summed E-state index contributed by atoms with van der Waals surface area (Å²) in [7, 11) is 0. The van der Waals surface area contributed by atoms with Gasteiger partial charge in [-0.1, -0.05) is 18.6 Å². The highest BCUT2D eigenvalue weighted by Gasteiger charge is 2.46. The van der Waals surface area contributed by atoms with Crippen molar-refractivity contribution in [3.05, 3.63) is 29.5 Å². The highest BCUT2D eigenvalue weighted by molar-refractivity contribution is 5.87. The van der Waals surface area contributed by atoms with Crippen molar-refractivity contribution in [3.8, 4) is 0 Å². The number of likely N-dealkylation sites (tertiary alicyclic amines) is 1. The van der Waals surface area contributed by atoms with Gasteiger partial charge in [0, 0.05) is 18.0 Å². The molecule has 2 aliphatic carbocycles. The Morgan fingerprint density at radius 2 is 2.12 bits per heavy atom. The monoisotopic (exact) mass is 441 g/mol. The predicted octanol–water partition coefficient (Wildman–Crippen LogP) is 4.41. The molecule has 0 radical (unpaired) electrons. The number of nitrogens with zero attached hydrogens (tertiary/aromatic N) is 2. The normalized spacial score (nSPS) is 29.2. The van der Waals surface area contributed by atoms with Crippen molar-refractivity contribution in [1.29, 1.82) is 0 Å². The Balaban J connectivity index is 1.43. The molecule has 7 heteroatoms. The number of nitrogens with one attached hydrogen (secondary N) is 1. The van der Waals surface area contributed by atoms with Crippen molar-refractivity contribution in [2.45, 2.75) is 69.5 Å². The minimum Gasteiger partial charge on any atom is -0.481 e. The number of aldehydes is 1. The Morgan fingerprint density at radius 1 is 1.31 bits per heavy atom. The van der Waals surface area contributed by atoms with Crippen molar-refractivity contribution >= 4 is 23.2 Å². The summed E-state index contributed by atoms with van der Waals surface area (Å²) in [5.74, 6) is -1.40.